The van der Waals surface area contributed by atoms with Crippen molar-refractivity contribution in [3.05, 3.63) is 24.3 Å². The van der Waals surface area contributed by atoms with Crippen LogP contribution in [0.1, 0.15) is 32.1 Å². The Morgan fingerprint density at radius 3 is 2.93 bits per heavy atom. The van der Waals surface area contributed by atoms with Gasteiger partial charge in [-0.05, 0) is 25.0 Å². The lowest BCUT2D eigenvalue weighted by Crippen LogP contribution is -2.33. The zero-order valence-electron chi connectivity index (χ0n) is 8.91. The number of fused-ring (bicyclic) bond motifs is 2. The molecule has 1 heterocycles. The summed E-state index contributed by atoms with van der Waals surface area (Å²) < 4.78 is 0. The highest BCUT2D eigenvalue weighted by atomic mass is 32.2. The third-order valence-electron chi connectivity index (χ3n) is 3.46. The standard InChI is InChI=1S/C13H17NS/c1-2-6-10-12(8-3-1)15-13-9-5-4-7-11(13)14-10/h4-5,7,9-10,12,14H,1-3,6,8H2/t10-,12-/m0/s1. The lowest BCUT2D eigenvalue weighted by Gasteiger charge is -2.32. The molecular formula is C13H17NS. The second-order valence-corrected chi connectivity index (χ2v) is 5.82. The molecule has 1 aliphatic heterocycles. The van der Waals surface area contributed by atoms with Crippen LogP contribution >= 0.6 is 11.8 Å². The Labute approximate surface area is 95.6 Å². The fourth-order valence-electron chi connectivity index (χ4n) is 2.63. The van der Waals surface area contributed by atoms with Gasteiger partial charge in [-0.2, -0.15) is 0 Å². The van der Waals surface area contributed by atoms with Gasteiger partial charge in [-0.25, -0.2) is 0 Å². The minimum Gasteiger partial charge on any atom is -0.380 e. The summed E-state index contributed by atoms with van der Waals surface area (Å²) in [7, 11) is 0. The van der Waals surface area contributed by atoms with Crippen molar-refractivity contribution in [2.24, 2.45) is 0 Å². The Bertz CT molecular complexity index is 317. The van der Waals surface area contributed by atoms with Crippen molar-refractivity contribution < 1.29 is 0 Å². The lowest BCUT2D eigenvalue weighted by atomic mass is 10.1. The van der Waals surface area contributed by atoms with Crippen molar-refractivity contribution in [3.8, 4) is 0 Å². The molecule has 0 amide bonds. The van der Waals surface area contributed by atoms with E-state index in [-0.39, 0.29) is 0 Å². The molecule has 2 atom stereocenters. The number of rotatable bonds is 0. The normalized spacial score (nSPS) is 29.6. The van der Waals surface area contributed by atoms with Gasteiger partial charge in [0.05, 0.1) is 0 Å². The first-order chi connectivity index (χ1) is 7.43. The lowest BCUT2D eigenvalue weighted by molar-refractivity contribution is 0.626. The molecule has 1 fully saturated rings. The van der Waals surface area contributed by atoms with Crippen molar-refractivity contribution in [1.29, 1.82) is 0 Å². The zero-order chi connectivity index (χ0) is 10.1. The van der Waals surface area contributed by atoms with Crippen LogP contribution in [0.2, 0.25) is 0 Å². The molecular weight excluding hydrogens is 202 g/mol. The van der Waals surface area contributed by atoms with Crippen LogP contribution in [0.3, 0.4) is 0 Å². The maximum Gasteiger partial charge on any atom is 0.0481 e. The quantitative estimate of drug-likeness (QED) is 0.710. The Balaban J connectivity index is 1.87. The van der Waals surface area contributed by atoms with E-state index in [4.69, 9.17) is 0 Å². The van der Waals surface area contributed by atoms with Crippen molar-refractivity contribution in [2.75, 3.05) is 5.32 Å². The van der Waals surface area contributed by atoms with Gasteiger partial charge < -0.3 is 5.32 Å². The predicted molar refractivity (Wildman–Crippen MR) is 66.6 cm³/mol. The summed E-state index contributed by atoms with van der Waals surface area (Å²) in [4.78, 5) is 1.45. The van der Waals surface area contributed by atoms with Gasteiger partial charge in [0.15, 0.2) is 0 Å². The highest BCUT2D eigenvalue weighted by Gasteiger charge is 2.29. The smallest absolute Gasteiger partial charge is 0.0481 e. The van der Waals surface area contributed by atoms with E-state index in [0.717, 1.165) is 5.25 Å². The van der Waals surface area contributed by atoms with E-state index in [9.17, 15) is 0 Å². The molecule has 0 saturated heterocycles. The van der Waals surface area contributed by atoms with Crippen molar-refractivity contribution in [3.63, 3.8) is 0 Å². The number of anilines is 1. The minimum atomic E-state index is 0.715. The van der Waals surface area contributed by atoms with Crippen LogP contribution < -0.4 is 5.32 Å². The van der Waals surface area contributed by atoms with E-state index in [1.54, 1.807) is 0 Å². The largest absolute Gasteiger partial charge is 0.380 e. The molecule has 1 aliphatic carbocycles. The summed E-state index contributed by atoms with van der Waals surface area (Å²) in [5, 5.41) is 4.53. The Morgan fingerprint density at radius 1 is 1.07 bits per heavy atom. The van der Waals surface area contributed by atoms with E-state index in [1.807, 2.05) is 0 Å². The molecule has 0 unspecified atom stereocenters. The number of benzene rings is 1. The Kier molecular flexibility index (Phi) is 2.61. The molecule has 0 spiro atoms. The average molecular weight is 219 g/mol. The number of hydrogen-bond donors (Lipinski definition) is 1. The van der Waals surface area contributed by atoms with Gasteiger partial charge in [-0.15, -0.1) is 11.8 Å². The first-order valence-corrected chi connectivity index (χ1v) is 6.84. The van der Waals surface area contributed by atoms with Crippen molar-refractivity contribution in [2.45, 2.75) is 48.3 Å². The second kappa shape index (κ2) is 4.09. The van der Waals surface area contributed by atoms with Gasteiger partial charge in [0.1, 0.15) is 0 Å². The van der Waals surface area contributed by atoms with Crippen LogP contribution in [0.5, 0.6) is 0 Å². The third kappa shape index (κ3) is 1.87. The fraction of sp³-hybridized carbons (Fsp3) is 0.538. The summed E-state index contributed by atoms with van der Waals surface area (Å²) in [5.41, 5.74) is 1.35. The molecule has 1 aromatic rings. The molecule has 0 radical (unpaired) electrons. The highest BCUT2D eigenvalue weighted by Crippen LogP contribution is 2.42. The second-order valence-electron chi connectivity index (χ2n) is 4.54. The van der Waals surface area contributed by atoms with Crippen LogP contribution in [0.25, 0.3) is 0 Å². The van der Waals surface area contributed by atoms with E-state index in [2.05, 4.69) is 41.3 Å². The van der Waals surface area contributed by atoms with Gasteiger partial charge >= 0.3 is 0 Å². The van der Waals surface area contributed by atoms with E-state index >= 15 is 0 Å². The number of nitrogens with one attached hydrogen (secondary N) is 1. The first-order valence-electron chi connectivity index (χ1n) is 5.96. The maximum atomic E-state index is 3.72. The van der Waals surface area contributed by atoms with Gasteiger partial charge in [0.2, 0.25) is 0 Å². The van der Waals surface area contributed by atoms with Crippen LogP contribution in [0.4, 0.5) is 5.69 Å². The monoisotopic (exact) mass is 219 g/mol. The van der Waals surface area contributed by atoms with E-state index in [1.165, 1.54) is 42.7 Å². The van der Waals surface area contributed by atoms with E-state index < -0.39 is 0 Å². The highest BCUT2D eigenvalue weighted by molar-refractivity contribution is 8.00. The van der Waals surface area contributed by atoms with Gasteiger partial charge in [0, 0.05) is 21.9 Å². The molecule has 0 aromatic heterocycles. The third-order valence-corrected chi connectivity index (χ3v) is 4.94. The minimum absolute atomic E-state index is 0.715. The SMILES string of the molecule is c1ccc2c(c1)N[C@H]1CCCCC[C@@H]1S2. The molecule has 3 rings (SSSR count). The van der Waals surface area contributed by atoms with Gasteiger partial charge in [-0.1, -0.05) is 31.4 Å². The Morgan fingerprint density at radius 2 is 1.93 bits per heavy atom. The molecule has 1 saturated carbocycles. The number of hydrogen-bond acceptors (Lipinski definition) is 2. The zero-order valence-corrected chi connectivity index (χ0v) is 9.72. The molecule has 2 aliphatic rings. The number of thioether (sulfide) groups is 1. The topological polar surface area (TPSA) is 12.0 Å². The first kappa shape index (κ1) is 9.59. The number of para-hydroxylation sites is 1. The van der Waals surface area contributed by atoms with Crippen LogP contribution in [0.15, 0.2) is 29.2 Å². The summed E-state index contributed by atoms with van der Waals surface area (Å²) in [6.45, 7) is 0. The molecule has 0 bridgehead atoms. The fourth-order valence-corrected chi connectivity index (χ4v) is 4.02. The maximum absolute atomic E-state index is 3.72. The van der Waals surface area contributed by atoms with Crippen LogP contribution in [-0.2, 0) is 0 Å². The Hall–Kier alpha value is -0.630. The van der Waals surface area contributed by atoms with Gasteiger partial charge in [-0.3, -0.25) is 0 Å². The summed E-state index contributed by atoms with van der Waals surface area (Å²) in [6, 6.07) is 9.44. The van der Waals surface area contributed by atoms with Crippen molar-refractivity contribution >= 4 is 17.4 Å². The molecule has 1 nitrogen and oxygen atoms in total. The van der Waals surface area contributed by atoms with Gasteiger partial charge in [0.25, 0.3) is 0 Å². The van der Waals surface area contributed by atoms with Crippen LogP contribution in [-0.4, -0.2) is 11.3 Å². The predicted octanol–water partition coefficient (Wildman–Crippen LogP) is 3.91. The molecule has 1 aromatic carbocycles. The summed E-state index contributed by atoms with van der Waals surface area (Å²) in [5.74, 6) is 0. The van der Waals surface area contributed by atoms with Crippen molar-refractivity contribution in [1.82, 2.24) is 0 Å². The summed E-state index contributed by atoms with van der Waals surface area (Å²) >= 11 is 2.09. The molecule has 2 heteroatoms. The summed E-state index contributed by atoms with van der Waals surface area (Å²) in [6.07, 6.45) is 6.98. The molecule has 1 N–H and O–H groups in total. The van der Waals surface area contributed by atoms with E-state index in [0.29, 0.717) is 6.04 Å². The van der Waals surface area contributed by atoms with Crippen LogP contribution in [0, 0.1) is 0 Å². The average Bonchev–Trinajstić information content (AvgIpc) is 2.50. The molecule has 80 valence electrons. The molecule has 15 heavy (non-hydrogen) atoms.